The van der Waals surface area contributed by atoms with Gasteiger partial charge in [0.2, 0.25) is 6.71 Å². The predicted octanol–water partition coefficient (Wildman–Crippen LogP) is -3.89. The van der Waals surface area contributed by atoms with Crippen LogP contribution in [0, 0.1) is 0 Å². The van der Waals surface area contributed by atoms with Gasteiger partial charge in [0.05, 0.1) is 0 Å². The van der Waals surface area contributed by atoms with Gasteiger partial charge in [-0.1, -0.05) is 104 Å². The third kappa shape index (κ3) is 1.26. The van der Waals surface area contributed by atoms with Crippen molar-refractivity contribution in [3.8, 4) is 0 Å². The van der Waals surface area contributed by atoms with Gasteiger partial charge >= 0.3 is 0 Å². The number of hydrogen-bond acceptors (Lipinski definition) is 0. The zero-order chi connectivity index (χ0) is 14.3. The molecule has 0 aromatic heterocycles. The van der Waals surface area contributed by atoms with E-state index in [0.29, 0.717) is 6.71 Å². The Morgan fingerprint density at radius 1 is 0.455 bits per heavy atom. The summed E-state index contributed by atoms with van der Waals surface area (Å²) in [6.07, 6.45) is 0. The van der Waals surface area contributed by atoms with E-state index in [0.717, 1.165) is 0 Å². The minimum Gasteiger partial charge on any atom is -0.0865 e. The monoisotopic (exact) mass is 269 g/mol. The maximum absolute atomic E-state index is 2.36. The highest BCUT2D eigenvalue weighted by atomic mass is 14.2. The van der Waals surface area contributed by atoms with E-state index in [1.165, 1.54) is 49.2 Å². The number of benzene rings is 3. The van der Waals surface area contributed by atoms with Gasteiger partial charge in [-0.25, -0.2) is 0 Å². The molecule has 0 amide bonds. The minimum absolute atomic E-state index is 0.406. The Kier molecular flexibility index (Phi) is 1.99. The summed E-state index contributed by atoms with van der Waals surface area (Å²) in [5, 5.41) is 0. The summed E-state index contributed by atoms with van der Waals surface area (Å²) in [5.74, 6) is 0. The lowest BCUT2D eigenvalue weighted by Crippen LogP contribution is -2.84. The van der Waals surface area contributed by atoms with Crippen LogP contribution in [0.4, 0.5) is 0 Å². The highest BCUT2D eigenvalue weighted by Crippen LogP contribution is 2.00. The molecule has 0 nitrogen and oxygen atoms in total. The van der Waals surface area contributed by atoms with Crippen molar-refractivity contribution < 1.29 is 0 Å². The average molecular weight is 269 g/mol. The Bertz CT molecular complexity index is 789. The Hall–Kier alpha value is -2.08. The van der Waals surface area contributed by atoms with Gasteiger partial charge in [-0.2, -0.15) is 0 Å². The standard InChI is InChI=1S/C18H9B4/c1-4-10-16-11(5-1)20-13-7-3-9-15-18(13)22(16)17-12(19-10)6-2-8-14(17)21-15/h1-9H. The molecular formula is C18H9B4. The molecule has 0 spiro atoms. The second-order valence-electron chi connectivity index (χ2n) is 6.42. The van der Waals surface area contributed by atoms with Crippen LogP contribution in [0.3, 0.4) is 0 Å². The SMILES string of the molecule is [B]1c2cccc3c2B2c4c1cccc4[B]c1cccc(c12)[B]3. The maximum atomic E-state index is 2.36. The fourth-order valence-corrected chi connectivity index (χ4v) is 4.50. The predicted molar refractivity (Wildman–Crippen MR) is 99.0 cm³/mol. The molecule has 22 heavy (non-hydrogen) atoms. The first kappa shape index (κ1) is 11.5. The molecule has 0 fully saturated rings. The number of rotatable bonds is 0. The lowest BCUT2D eigenvalue weighted by atomic mass is 9.18. The quantitative estimate of drug-likeness (QED) is 0.247. The van der Waals surface area contributed by atoms with Crippen molar-refractivity contribution in [1.29, 1.82) is 0 Å². The summed E-state index contributed by atoms with van der Waals surface area (Å²) in [6, 6.07) is 20.1. The van der Waals surface area contributed by atoms with Crippen molar-refractivity contribution in [3.63, 3.8) is 0 Å². The second-order valence-corrected chi connectivity index (χ2v) is 6.42. The largest absolute Gasteiger partial charge is 0.237 e. The van der Waals surface area contributed by atoms with E-state index in [4.69, 9.17) is 0 Å². The van der Waals surface area contributed by atoms with Crippen LogP contribution in [0.15, 0.2) is 54.6 Å². The first-order valence-electron chi connectivity index (χ1n) is 7.83. The average Bonchev–Trinajstić information content (AvgIpc) is 2.55. The summed E-state index contributed by atoms with van der Waals surface area (Å²) in [6.45, 7) is 0.406. The fraction of sp³-hybridized carbons (Fsp3) is 0. The maximum Gasteiger partial charge on any atom is 0.237 e. The molecule has 0 atom stereocenters. The molecule has 0 aliphatic carbocycles. The van der Waals surface area contributed by atoms with E-state index in [2.05, 4.69) is 76.4 Å². The highest BCUT2D eigenvalue weighted by Gasteiger charge is 2.41. The van der Waals surface area contributed by atoms with E-state index in [1.807, 2.05) is 0 Å². The van der Waals surface area contributed by atoms with Crippen LogP contribution in [-0.4, -0.2) is 28.6 Å². The van der Waals surface area contributed by atoms with E-state index in [-0.39, 0.29) is 0 Å². The van der Waals surface area contributed by atoms with Crippen molar-refractivity contribution in [2.45, 2.75) is 0 Å². The molecule has 0 unspecified atom stereocenters. The van der Waals surface area contributed by atoms with Crippen LogP contribution in [-0.2, 0) is 0 Å². The van der Waals surface area contributed by atoms with Crippen LogP contribution < -0.4 is 49.2 Å². The van der Waals surface area contributed by atoms with E-state index < -0.39 is 0 Å². The molecule has 3 heterocycles. The Labute approximate surface area is 132 Å². The topological polar surface area (TPSA) is 0 Å². The van der Waals surface area contributed by atoms with E-state index >= 15 is 0 Å². The van der Waals surface area contributed by atoms with E-state index in [1.54, 1.807) is 0 Å². The second kappa shape index (κ2) is 3.81. The first-order chi connectivity index (χ1) is 10.9. The van der Waals surface area contributed by atoms with Gasteiger partial charge in [0.25, 0.3) is 0 Å². The summed E-state index contributed by atoms with van der Waals surface area (Å²) >= 11 is 0. The minimum atomic E-state index is 0.406. The first-order valence-corrected chi connectivity index (χ1v) is 7.83. The smallest absolute Gasteiger partial charge is 0.0865 e. The van der Waals surface area contributed by atoms with Crippen LogP contribution in [0.5, 0.6) is 0 Å². The lowest BCUT2D eigenvalue weighted by Gasteiger charge is -2.39. The lowest BCUT2D eigenvalue weighted by molar-refractivity contribution is 1.77. The Balaban J connectivity index is 1.80. The molecule has 6 rings (SSSR count). The summed E-state index contributed by atoms with van der Waals surface area (Å²) in [4.78, 5) is 0. The summed E-state index contributed by atoms with van der Waals surface area (Å²) < 4.78 is 0. The van der Waals surface area contributed by atoms with Gasteiger partial charge < -0.3 is 0 Å². The molecule has 3 aliphatic rings. The van der Waals surface area contributed by atoms with Gasteiger partial charge in [-0.3, -0.25) is 0 Å². The Morgan fingerprint density at radius 2 is 0.727 bits per heavy atom. The van der Waals surface area contributed by atoms with Gasteiger partial charge in [-0.05, 0) is 0 Å². The summed E-state index contributed by atoms with van der Waals surface area (Å²) in [7, 11) is 7.07. The molecule has 3 radical (unpaired) electrons. The molecule has 3 aliphatic heterocycles. The molecule has 3 aromatic rings. The molecule has 0 bridgehead atoms. The third-order valence-electron chi connectivity index (χ3n) is 5.32. The van der Waals surface area contributed by atoms with Gasteiger partial charge in [-0.15, -0.1) is 0 Å². The van der Waals surface area contributed by atoms with E-state index in [9.17, 15) is 0 Å². The fourth-order valence-electron chi connectivity index (χ4n) is 4.50. The molecule has 0 saturated heterocycles. The molecule has 3 aromatic carbocycles. The van der Waals surface area contributed by atoms with Crippen molar-refractivity contribution in [3.05, 3.63) is 54.6 Å². The number of hydrogen-bond donors (Lipinski definition) is 0. The third-order valence-corrected chi connectivity index (χ3v) is 5.32. The zero-order valence-corrected chi connectivity index (χ0v) is 12.0. The van der Waals surface area contributed by atoms with Gasteiger partial charge in [0.15, 0.2) is 21.8 Å². The molecular weight excluding hydrogens is 259 g/mol. The van der Waals surface area contributed by atoms with Crippen LogP contribution >= 0.6 is 0 Å². The Morgan fingerprint density at radius 3 is 1.00 bits per heavy atom. The normalized spacial score (nSPS) is 14.5. The van der Waals surface area contributed by atoms with Crippen molar-refractivity contribution in [2.75, 3.05) is 0 Å². The van der Waals surface area contributed by atoms with Crippen LogP contribution in [0.2, 0.25) is 0 Å². The van der Waals surface area contributed by atoms with Gasteiger partial charge in [0, 0.05) is 0 Å². The van der Waals surface area contributed by atoms with Gasteiger partial charge in [0.1, 0.15) is 0 Å². The molecule has 4 heteroatoms. The van der Waals surface area contributed by atoms with Crippen molar-refractivity contribution in [2.24, 2.45) is 0 Å². The molecule has 0 N–H and O–H groups in total. The van der Waals surface area contributed by atoms with Crippen molar-refractivity contribution in [1.82, 2.24) is 0 Å². The highest BCUT2D eigenvalue weighted by molar-refractivity contribution is 7.14. The van der Waals surface area contributed by atoms with Crippen LogP contribution in [0.1, 0.15) is 0 Å². The molecule has 0 saturated carbocycles. The van der Waals surface area contributed by atoms with Crippen LogP contribution in [0.25, 0.3) is 0 Å². The molecule has 93 valence electrons. The van der Waals surface area contributed by atoms with Crippen molar-refractivity contribution >= 4 is 77.7 Å². The zero-order valence-electron chi connectivity index (χ0n) is 12.0. The summed E-state index contributed by atoms with van der Waals surface area (Å²) in [5.41, 5.74) is 12.8.